The van der Waals surface area contributed by atoms with Gasteiger partial charge >= 0.3 is 6.03 Å². The van der Waals surface area contributed by atoms with Crippen LogP contribution in [-0.2, 0) is 11.3 Å². The van der Waals surface area contributed by atoms with Gasteiger partial charge in [0.05, 0.1) is 6.61 Å². The molecule has 0 saturated carbocycles. The number of benzene rings is 1. The maximum atomic E-state index is 12.1. The summed E-state index contributed by atoms with van der Waals surface area (Å²) in [7, 11) is 1.65. The van der Waals surface area contributed by atoms with E-state index in [4.69, 9.17) is 4.74 Å². The number of carbonyl (C=O) groups excluding carboxylic acids is 1. The van der Waals surface area contributed by atoms with Gasteiger partial charge in [-0.25, -0.2) is 4.79 Å². The van der Waals surface area contributed by atoms with Crippen LogP contribution in [0.4, 0.5) is 10.5 Å². The lowest BCUT2D eigenvalue weighted by atomic mass is 9.98. The lowest BCUT2D eigenvalue weighted by Crippen LogP contribution is -2.46. The van der Waals surface area contributed by atoms with E-state index < -0.39 is 0 Å². The zero-order valence-electron chi connectivity index (χ0n) is 14.5. The molecule has 1 aromatic carbocycles. The Balaban J connectivity index is 1.79. The van der Waals surface area contributed by atoms with Crippen molar-refractivity contribution in [1.29, 1.82) is 0 Å². The second-order valence-electron chi connectivity index (χ2n) is 6.49. The molecule has 2 N–H and O–H groups in total. The Kier molecular flexibility index (Phi) is 6.86. The quantitative estimate of drug-likeness (QED) is 0.847. The molecule has 1 atom stereocenters. The predicted molar refractivity (Wildman–Crippen MR) is 93.6 cm³/mol. The van der Waals surface area contributed by atoms with E-state index in [1.165, 1.54) is 12.8 Å². The highest BCUT2D eigenvalue weighted by molar-refractivity contribution is 5.90. The highest BCUT2D eigenvalue weighted by atomic mass is 16.5. The number of carbonyl (C=O) groups is 1. The van der Waals surface area contributed by atoms with E-state index in [-0.39, 0.29) is 6.03 Å². The fourth-order valence-corrected chi connectivity index (χ4v) is 2.93. The number of anilines is 1. The monoisotopic (exact) mass is 319 g/mol. The van der Waals surface area contributed by atoms with Crippen molar-refractivity contribution in [1.82, 2.24) is 10.2 Å². The summed E-state index contributed by atoms with van der Waals surface area (Å²) in [5.74, 6) is 0.826. The average Bonchev–Trinajstić information content (AvgIpc) is 2.55. The number of nitrogens with one attached hydrogen (secondary N) is 2. The molecule has 1 saturated heterocycles. The number of para-hydroxylation sites is 1. The lowest BCUT2D eigenvalue weighted by molar-refractivity contribution is 0.146. The molecule has 1 fully saturated rings. The van der Waals surface area contributed by atoms with Crippen molar-refractivity contribution in [2.75, 3.05) is 32.1 Å². The number of hydrogen-bond acceptors (Lipinski definition) is 3. The van der Waals surface area contributed by atoms with Gasteiger partial charge in [0.25, 0.3) is 0 Å². The van der Waals surface area contributed by atoms with Crippen LogP contribution in [0.3, 0.4) is 0 Å². The van der Waals surface area contributed by atoms with Crippen molar-refractivity contribution in [2.24, 2.45) is 5.92 Å². The number of nitrogens with zero attached hydrogens (tertiary/aromatic N) is 1. The summed E-state index contributed by atoms with van der Waals surface area (Å²) in [6, 6.07) is 7.90. The van der Waals surface area contributed by atoms with Crippen molar-refractivity contribution in [3.63, 3.8) is 0 Å². The molecule has 1 aliphatic heterocycles. The number of likely N-dealkylation sites (tertiary alicyclic amines) is 1. The predicted octanol–water partition coefficient (Wildman–Crippen LogP) is 3.07. The molecule has 2 rings (SSSR count). The molecule has 5 nitrogen and oxygen atoms in total. The summed E-state index contributed by atoms with van der Waals surface area (Å²) in [6.07, 6.45) is 2.50. The second-order valence-corrected chi connectivity index (χ2v) is 6.49. The van der Waals surface area contributed by atoms with E-state index in [9.17, 15) is 4.79 Å². The van der Waals surface area contributed by atoms with E-state index in [0.29, 0.717) is 19.2 Å². The zero-order valence-corrected chi connectivity index (χ0v) is 14.5. The van der Waals surface area contributed by atoms with Gasteiger partial charge in [-0.2, -0.15) is 0 Å². The van der Waals surface area contributed by atoms with E-state index in [2.05, 4.69) is 29.4 Å². The first-order chi connectivity index (χ1) is 11.1. The standard InChI is InChI=1S/C18H29N3O2/c1-14-8-10-21(11-9-14)15(2)12-19-18(22)20-17-7-5-4-6-16(17)13-23-3/h4-7,14-15H,8-13H2,1-3H3,(H2,19,20,22). The summed E-state index contributed by atoms with van der Waals surface area (Å²) in [4.78, 5) is 14.6. The highest BCUT2D eigenvalue weighted by Crippen LogP contribution is 2.18. The molecule has 0 radical (unpaired) electrons. The minimum Gasteiger partial charge on any atom is -0.380 e. The normalized spacial score (nSPS) is 17.7. The van der Waals surface area contributed by atoms with Gasteiger partial charge in [0, 0.05) is 30.9 Å². The topological polar surface area (TPSA) is 53.6 Å². The molecule has 0 aliphatic carbocycles. The molecule has 1 heterocycles. The van der Waals surface area contributed by atoms with Crippen LogP contribution in [0, 0.1) is 5.92 Å². The van der Waals surface area contributed by atoms with Gasteiger partial charge in [0.15, 0.2) is 0 Å². The van der Waals surface area contributed by atoms with Crippen LogP contribution in [0.1, 0.15) is 32.3 Å². The van der Waals surface area contributed by atoms with Gasteiger partial charge in [-0.05, 0) is 44.8 Å². The lowest BCUT2D eigenvalue weighted by Gasteiger charge is -2.35. The molecule has 5 heteroatoms. The van der Waals surface area contributed by atoms with Crippen molar-refractivity contribution in [2.45, 2.75) is 39.3 Å². The average molecular weight is 319 g/mol. The third kappa shape index (κ3) is 5.52. The van der Waals surface area contributed by atoms with Crippen LogP contribution in [0.5, 0.6) is 0 Å². The van der Waals surface area contributed by atoms with Gasteiger partial charge in [-0.3, -0.25) is 4.90 Å². The molecular weight excluding hydrogens is 290 g/mol. The summed E-state index contributed by atoms with van der Waals surface area (Å²) in [6.45, 7) is 7.89. The number of hydrogen-bond donors (Lipinski definition) is 2. The van der Waals surface area contributed by atoms with Crippen molar-refractivity contribution < 1.29 is 9.53 Å². The number of methoxy groups -OCH3 is 1. The van der Waals surface area contributed by atoms with Gasteiger partial charge in [0.2, 0.25) is 0 Å². The van der Waals surface area contributed by atoms with Gasteiger partial charge < -0.3 is 15.4 Å². The van der Waals surface area contributed by atoms with Crippen LogP contribution >= 0.6 is 0 Å². The van der Waals surface area contributed by atoms with Crippen LogP contribution in [0.25, 0.3) is 0 Å². The summed E-state index contributed by atoms with van der Waals surface area (Å²) in [5, 5.41) is 5.89. The van der Waals surface area contributed by atoms with Gasteiger partial charge in [-0.15, -0.1) is 0 Å². The Labute approximate surface area is 139 Å². The van der Waals surface area contributed by atoms with Gasteiger partial charge in [-0.1, -0.05) is 25.1 Å². The maximum Gasteiger partial charge on any atom is 0.319 e. The number of rotatable bonds is 6. The molecule has 0 bridgehead atoms. The molecule has 2 amide bonds. The number of urea groups is 1. The fraction of sp³-hybridized carbons (Fsp3) is 0.611. The molecule has 128 valence electrons. The first-order valence-electron chi connectivity index (χ1n) is 8.46. The first kappa shape index (κ1) is 17.8. The minimum absolute atomic E-state index is 0.161. The Hall–Kier alpha value is -1.59. The number of ether oxygens (including phenoxy) is 1. The second kappa shape index (κ2) is 8.89. The van der Waals surface area contributed by atoms with Crippen molar-refractivity contribution in [3.8, 4) is 0 Å². The summed E-state index contributed by atoms with van der Waals surface area (Å²) < 4.78 is 5.16. The number of piperidine rings is 1. The van der Waals surface area contributed by atoms with Crippen LogP contribution in [0.2, 0.25) is 0 Å². The van der Waals surface area contributed by atoms with Crippen LogP contribution < -0.4 is 10.6 Å². The number of amides is 2. The Morgan fingerprint density at radius 3 is 2.74 bits per heavy atom. The SMILES string of the molecule is COCc1ccccc1NC(=O)NCC(C)N1CCC(C)CC1. The molecule has 1 unspecified atom stereocenters. The molecule has 1 aliphatic rings. The zero-order chi connectivity index (χ0) is 16.7. The van der Waals surface area contributed by atoms with Crippen LogP contribution in [0.15, 0.2) is 24.3 Å². The van der Waals surface area contributed by atoms with Gasteiger partial charge in [0.1, 0.15) is 0 Å². The largest absolute Gasteiger partial charge is 0.380 e. The van der Waals surface area contributed by atoms with Crippen molar-refractivity contribution >= 4 is 11.7 Å². The van der Waals surface area contributed by atoms with Crippen molar-refractivity contribution in [3.05, 3.63) is 29.8 Å². The Morgan fingerprint density at radius 1 is 1.35 bits per heavy atom. The third-order valence-electron chi connectivity index (χ3n) is 4.57. The molecule has 23 heavy (non-hydrogen) atoms. The molecule has 0 aromatic heterocycles. The minimum atomic E-state index is -0.161. The highest BCUT2D eigenvalue weighted by Gasteiger charge is 2.20. The summed E-state index contributed by atoms with van der Waals surface area (Å²) >= 11 is 0. The summed E-state index contributed by atoms with van der Waals surface area (Å²) in [5.41, 5.74) is 1.77. The van der Waals surface area contributed by atoms with E-state index in [1.807, 2.05) is 24.3 Å². The molecule has 1 aromatic rings. The Bertz CT molecular complexity index is 499. The first-order valence-corrected chi connectivity index (χ1v) is 8.46. The molecule has 0 spiro atoms. The smallest absolute Gasteiger partial charge is 0.319 e. The van der Waals surface area contributed by atoms with E-state index >= 15 is 0 Å². The van der Waals surface area contributed by atoms with E-state index in [1.54, 1.807) is 7.11 Å². The molecular formula is C18H29N3O2. The maximum absolute atomic E-state index is 12.1. The third-order valence-corrected chi connectivity index (χ3v) is 4.57. The fourth-order valence-electron chi connectivity index (χ4n) is 2.93. The van der Waals surface area contributed by atoms with E-state index in [0.717, 1.165) is 30.3 Å². The van der Waals surface area contributed by atoms with Crippen LogP contribution in [-0.4, -0.2) is 43.7 Å². The Morgan fingerprint density at radius 2 is 2.04 bits per heavy atom.